The molecular formula is C12H16N2O3. The van der Waals surface area contributed by atoms with Crippen LogP contribution in [-0.2, 0) is 7.05 Å². The van der Waals surface area contributed by atoms with Crippen LogP contribution in [0.25, 0.3) is 0 Å². The van der Waals surface area contributed by atoms with Crippen molar-refractivity contribution in [3.63, 3.8) is 0 Å². The van der Waals surface area contributed by atoms with Crippen molar-refractivity contribution in [3.05, 3.63) is 11.9 Å². The third-order valence-corrected chi connectivity index (χ3v) is 3.59. The van der Waals surface area contributed by atoms with Gasteiger partial charge in [-0.2, -0.15) is 0 Å². The number of rotatable bonds is 2. The van der Waals surface area contributed by atoms with E-state index in [2.05, 4.69) is 0 Å². The average molecular weight is 236 g/mol. The topological polar surface area (TPSA) is 54.7 Å². The molecule has 1 saturated carbocycles. The molecule has 0 aromatic carbocycles. The average Bonchev–Trinajstić information content (AvgIpc) is 3.01. The summed E-state index contributed by atoms with van der Waals surface area (Å²) in [4.78, 5) is 13.2. The summed E-state index contributed by atoms with van der Waals surface area (Å²) in [5.41, 5.74) is 1.01. The van der Waals surface area contributed by atoms with Crippen molar-refractivity contribution in [2.75, 3.05) is 18.5 Å². The normalized spacial score (nSPS) is 23.2. The molecule has 5 nitrogen and oxygen atoms in total. The van der Waals surface area contributed by atoms with E-state index in [4.69, 9.17) is 4.74 Å². The number of carbonyl (C=O) groups is 1. The molecule has 92 valence electrons. The lowest BCUT2D eigenvalue weighted by atomic mass is 10.1. The maximum Gasteiger partial charge on any atom is 0.354 e. The van der Waals surface area contributed by atoms with Crippen molar-refractivity contribution in [2.24, 2.45) is 13.0 Å². The van der Waals surface area contributed by atoms with Gasteiger partial charge in [-0.25, -0.2) is 4.79 Å². The van der Waals surface area contributed by atoms with Gasteiger partial charge in [-0.05, 0) is 18.8 Å². The molecule has 0 spiro atoms. The van der Waals surface area contributed by atoms with E-state index < -0.39 is 5.97 Å². The van der Waals surface area contributed by atoms with E-state index in [0.717, 1.165) is 6.54 Å². The zero-order chi connectivity index (χ0) is 12.2. The number of nitrogens with zero attached hydrogens (tertiary/aromatic N) is 2. The maximum atomic E-state index is 11.2. The van der Waals surface area contributed by atoms with Crippen LogP contribution in [0.2, 0.25) is 0 Å². The molecule has 17 heavy (non-hydrogen) atoms. The number of aryl methyl sites for hydroxylation is 1. The zero-order valence-corrected chi connectivity index (χ0v) is 10.0. The van der Waals surface area contributed by atoms with Gasteiger partial charge in [0.1, 0.15) is 11.8 Å². The molecule has 1 unspecified atom stereocenters. The summed E-state index contributed by atoms with van der Waals surface area (Å²) in [6, 6.07) is 0. The Balaban J connectivity index is 2.01. The van der Waals surface area contributed by atoms with E-state index in [-0.39, 0.29) is 6.10 Å². The fourth-order valence-electron chi connectivity index (χ4n) is 2.57. The summed E-state index contributed by atoms with van der Waals surface area (Å²) >= 11 is 0. The van der Waals surface area contributed by atoms with Gasteiger partial charge < -0.3 is 19.3 Å². The van der Waals surface area contributed by atoms with E-state index in [0.29, 0.717) is 23.0 Å². The second-order valence-corrected chi connectivity index (χ2v) is 4.98. The molecule has 2 heterocycles. The van der Waals surface area contributed by atoms with Gasteiger partial charge in [0, 0.05) is 20.3 Å². The number of ether oxygens (including phenoxy) is 1. The largest absolute Gasteiger partial charge is 0.484 e. The van der Waals surface area contributed by atoms with Crippen molar-refractivity contribution in [2.45, 2.75) is 18.9 Å². The third kappa shape index (κ3) is 1.57. The number of hydrogen-bond donors (Lipinski definition) is 1. The molecule has 1 aromatic heterocycles. The quantitative estimate of drug-likeness (QED) is 0.841. The van der Waals surface area contributed by atoms with Crippen LogP contribution in [0.1, 0.15) is 23.3 Å². The fourth-order valence-corrected chi connectivity index (χ4v) is 2.57. The minimum absolute atomic E-state index is 0.219. The molecule has 0 radical (unpaired) electrons. The van der Waals surface area contributed by atoms with Crippen LogP contribution < -0.4 is 9.64 Å². The highest BCUT2D eigenvalue weighted by molar-refractivity contribution is 5.95. The summed E-state index contributed by atoms with van der Waals surface area (Å²) in [6.45, 7) is 0.780. The zero-order valence-electron chi connectivity index (χ0n) is 10.0. The van der Waals surface area contributed by atoms with Gasteiger partial charge in [-0.3, -0.25) is 0 Å². The van der Waals surface area contributed by atoms with Crippen LogP contribution in [0.15, 0.2) is 6.20 Å². The number of aromatic nitrogens is 1. The number of aromatic carboxylic acids is 1. The molecular weight excluding hydrogens is 220 g/mol. The van der Waals surface area contributed by atoms with Crippen LogP contribution in [-0.4, -0.2) is 35.3 Å². The van der Waals surface area contributed by atoms with Gasteiger partial charge in [0.15, 0.2) is 11.4 Å². The van der Waals surface area contributed by atoms with Gasteiger partial charge in [0.2, 0.25) is 0 Å². The lowest BCUT2D eigenvalue weighted by molar-refractivity contribution is 0.0686. The monoisotopic (exact) mass is 236 g/mol. The molecule has 1 aliphatic heterocycles. The van der Waals surface area contributed by atoms with E-state index in [1.807, 2.05) is 11.9 Å². The van der Waals surface area contributed by atoms with Crippen LogP contribution in [0.4, 0.5) is 5.69 Å². The summed E-state index contributed by atoms with van der Waals surface area (Å²) in [6.07, 6.45) is 4.44. The Bertz CT molecular complexity index is 476. The molecule has 1 N–H and O–H groups in total. The Morgan fingerprint density at radius 2 is 2.18 bits per heavy atom. The van der Waals surface area contributed by atoms with Gasteiger partial charge in [0.05, 0.1) is 6.54 Å². The Kier molecular flexibility index (Phi) is 2.11. The second kappa shape index (κ2) is 3.42. The van der Waals surface area contributed by atoms with E-state index >= 15 is 0 Å². The molecule has 0 bridgehead atoms. The van der Waals surface area contributed by atoms with Crippen LogP contribution in [0.5, 0.6) is 5.75 Å². The summed E-state index contributed by atoms with van der Waals surface area (Å²) in [5.74, 6) is 0.448. The minimum Gasteiger partial charge on any atom is -0.484 e. The minimum atomic E-state index is -0.908. The van der Waals surface area contributed by atoms with Gasteiger partial charge >= 0.3 is 5.97 Å². The van der Waals surface area contributed by atoms with Crippen molar-refractivity contribution in [3.8, 4) is 5.75 Å². The summed E-state index contributed by atoms with van der Waals surface area (Å²) in [5, 5.41) is 9.21. The molecule has 1 aliphatic carbocycles. The van der Waals surface area contributed by atoms with E-state index in [9.17, 15) is 9.90 Å². The van der Waals surface area contributed by atoms with Gasteiger partial charge in [-0.1, -0.05) is 0 Å². The molecule has 1 fully saturated rings. The Morgan fingerprint density at radius 3 is 2.76 bits per heavy atom. The van der Waals surface area contributed by atoms with Crippen LogP contribution >= 0.6 is 0 Å². The first kappa shape index (κ1) is 10.5. The predicted octanol–water partition coefficient (Wildman–Crippen LogP) is 1.33. The lowest BCUT2D eigenvalue weighted by Crippen LogP contribution is -2.39. The fraction of sp³-hybridized carbons (Fsp3) is 0.583. The number of hydrogen-bond acceptors (Lipinski definition) is 3. The number of anilines is 1. The Labute approximate surface area is 99.6 Å². The van der Waals surface area contributed by atoms with E-state index in [1.165, 1.54) is 12.8 Å². The molecule has 0 saturated heterocycles. The SMILES string of the molecule is CN1CC(C2CC2)Oc2cn(C)c(C(=O)O)c21. The van der Waals surface area contributed by atoms with Gasteiger partial charge in [-0.15, -0.1) is 0 Å². The van der Waals surface area contributed by atoms with Crippen LogP contribution in [0.3, 0.4) is 0 Å². The lowest BCUT2D eigenvalue weighted by Gasteiger charge is -2.32. The molecule has 3 rings (SSSR count). The standard InChI is InChI=1S/C12H16N2O3/c1-13-5-8(7-3-4-7)17-9-6-14(2)11(10(9)13)12(15)16/h6-8H,3-5H2,1-2H3,(H,15,16). The first-order valence-corrected chi connectivity index (χ1v) is 5.88. The molecule has 0 amide bonds. The molecule has 1 aromatic rings. The first-order valence-electron chi connectivity index (χ1n) is 5.88. The molecule has 1 atom stereocenters. The summed E-state index contributed by atoms with van der Waals surface area (Å²) in [7, 11) is 3.67. The van der Waals surface area contributed by atoms with E-state index in [1.54, 1.807) is 17.8 Å². The molecule has 5 heteroatoms. The number of carboxylic acid groups (broad SMARTS) is 1. The van der Waals surface area contributed by atoms with Crippen molar-refractivity contribution < 1.29 is 14.6 Å². The Morgan fingerprint density at radius 1 is 1.47 bits per heavy atom. The first-order chi connectivity index (χ1) is 8.08. The second-order valence-electron chi connectivity index (χ2n) is 4.98. The third-order valence-electron chi connectivity index (χ3n) is 3.59. The van der Waals surface area contributed by atoms with Gasteiger partial charge in [0.25, 0.3) is 0 Å². The van der Waals surface area contributed by atoms with Crippen LogP contribution in [0, 0.1) is 5.92 Å². The Hall–Kier alpha value is -1.65. The van der Waals surface area contributed by atoms with Crippen molar-refractivity contribution >= 4 is 11.7 Å². The number of fused-ring (bicyclic) bond motifs is 1. The number of carboxylic acids is 1. The summed E-state index contributed by atoms with van der Waals surface area (Å²) < 4.78 is 7.54. The highest BCUT2D eigenvalue weighted by Crippen LogP contribution is 2.43. The highest BCUT2D eigenvalue weighted by Gasteiger charge is 2.39. The van der Waals surface area contributed by atoms with Crippen molar-refractivity contribution in [1.29, 1.82) is 0 Å². The number of likely N-dealkylation sites (N-methyl/N-ethyl adjacent to an activating group) is 1. The smallest absolute Gasteiger partial charge is 0.354 e. The molecule has 2 aliphatic rings. The predicted molar refractivity (Wildman–Crippen MR) is 62.8 cm³/mol. The van der Waals surface area contributed by atoms with Crippen molar-refractivity contribution in [1.82, 2.24) is 4.57 Å². The highest BCUT2D eigenvalue weighted by atomic mass is 16.5. The maximum absolute atomic E-state index is 11.2.